The van der Waals surface area contributed by atoms with Gasteiger partial charge < -0.3 is 14.8 Å². The summed E-state index contributed by atoms with van der Waals surface area (Å²) in [5.41, 5.74) is 2.13. The minimum Gasteiger partial charge on any atom is -0.497 e. The molecular formula is C19H17FN2O3S. The topological polar surface area (TPSA) is 59.9 Å². The number of amidine groups is 1. The summed E-state index contributed by atoms with van der Waals surface area (Å²) in [5, 5.41) is 3.20. The molecule has 2 aromatic carbocycles. The number of halogens is 1. The highest BCUT2D eigenvalue weighted by atomic mass is 32.2. The van der Waals surface area contributed by atoms with Gasteiger partial charge in [-0.1, -0.05) is 12.1 Å². The molecule has 0 saturated carbocycles. The Morgan fingerprint density at radius 2 is 1.85 bits per heavy atom. The molecule has 1 aliphatic heterocycles. The minimum absolute atomic E-state index is 0.233. The lowest BCUT2D eigenvalue weighted by Crippen LogP contribution is -2.19. The summed E-state index contributed by atoms with van der Waals surface area (Å²) >= 11 is 1.24. The number of benzene rings is 2. The monoisotopic (exact) mass is 372 g/mol. The molecule has 26 heavy (non-hydrogen) atoms. The van der Waals surface area contributed by atoms with Crippen LogP contribution in [0.25, 0.3) is 5.57 Å². The fraction of sp³-hybridized carbons (Fsp3) is 0.158. The second kappa shape index (κ2) is 7.61. The molecule has 0 spiro atoms. The molecule has 1 fully saturated rings. The van der Waals surface area contributed by atoms with Gasteiger partial charge in [0.1, 0.15) is 23.0 Å². The van der Waals surface area contributed by atoms with Gasteiger partial charge in [-0.05, 0) is 54.1 Å². The normalized spacial score (nSPS) is 17.2. The van der Waals surface area contributed by atoms with Crippen LogP contribution in [0.5, 0.6) is 11.5 Å². The maximum atomic E-state index is 13.1. The lowest BCUT2D eigenvalue weighted by Gasteiger charge is -2.07. The van der Waals surface area contributed by atoms with Crippen molar-refractivity contribution in [2.24, 2.45) is 4.99 Å². The van der Waals surface area contributed by atoms with Crippen LogP contribution in [0, 0.1) is 5.82 Å². The van der Waals surface area contributed by atoms with Gasteiger partial charge in [0, 0.05) is 6.07 Å². The number of carbonyl (C=O) groups excluding carboxylic acids is 1. The van der Waals surface area contributed by atoms with E-state index in [4.69, 9.17) is 9.47 Å². The SMILES string of the molecule is COc1ccc(N=C2NC(=O)/C(=C(\C)c3ccc(F)cc3)S2)c(OC)c1. The standard InChI is InChI=1S/C19H17FN2O3S/c1-11(12-4-6-13(20)7-5-12)17-18(23)22-19(26-17)21-15-9-8-14(24-2)10-16(15)25-3/h4-10H,1-3H3,(H,21,22,23)/b17-11-. The van der Waals surface area contributed by atoms with Gasteiger partial charge in [-0.2, -0.15) is 0 Å². The van der Waals surface area contributed by atoms with E-state index in [2.05, 4.69) is 10.3 Å². The van der Waals surface area contributed by atoms with Crippen LogP contribution in [0.2, 0.25) is 0 Å². The molecule has 1 aliphatic rings. The van der Waals surface area contributed by atoms with E-state index in [9.17, 15) is 9.18 Å². The van der Waals surface area contributed by atoms with Crippen molar-refractivity contribution in [1.29, 1.82) is 0 Å². The van der Waals surface area contributed by atoms with E-state index in [0.29, 0.717) is 27.3 Å². The summed E-state index contributed by atoms with van der Waals surface area (Å²) in [4.78, 5) is 17.3. The van der Waals surface area contributed by atoms with Gasteiger partial charge >= 0.3 is 0 Å². The zero-order valence-corrected chi connectivity index (χ0v) is 15.3. The Balaban J connectivity index is 1.91. The Morgan fingerprint density at radius 1 is 1.12 bits per heavy atom. The van der Waals surface area contributed by atoms with E-state index in [1.165, 1.54) is 23.9 Å². The van der Waals surface area contributed by atoms with Crippen molar-refractivity contribution in [2.75, 3.05) is 14.2 Å². The number of hydrogen-bond donors (Lipinski definition) is 1. The van der Waals surface area contributed by atoms with Crippen LogP contribution in [-0.4, -0.2) is 25.3 Å². The number of methoxy groups -OCH3 is 2. The van der Waals surface area contributed by atoms with E-state index in [1.54, 1.807) is 44.6 Å². The Hall–Kier alpha value is -2.80. The molecule has 1 saturated heterocycles. The highest BCUT2D eigenvalue weighted by Gasteiger charge is 2.26. The molecule has 0 unspecified atom stereocenters. The second-order valence-electron chi connectivity index (χ2n) is 5.47. The summed E-state index contributed by atoms with van der Waals surface area (Å²) in [6.07, 6.45) is 0. The fourth-order valence-electron chi connectivity index (χ4n) is 2.44. The van der Waals surface area contributed by atoms with Crippen molar-refractivity contribution >= 4 is 34.1 Å². The van der Waals surface area contributed by atoms with Crippen molar-refractivity contribution in [3.05, 3.63) is 58.8 Å². The Labute approximate surface area is 154 Å². The lowest BCUT2D eigenvalue weighted by atomic mass is 10.1. The largest absolute Gasteiger partial charge is 0.497 e. The van der Waals surface area contributed by atoms with E-state index >= 15 is 0 Å². The highest BCUT2D eigenvalue weighted by Crippen LogP contribution is 2.36. The molecule has 1 heterocycles. The number of amides is 1. The zero-order chi connectivity index (χ0) is 18.7. The number of hydrogen-bond acceptors (Lipinski definition) is 5. The molecule has 0 bridgehead atoms. The quantitative estimate of drug-likeness (QED) is 0.820. The van der Waals surface area contributed by atoms with Gasteiger partial charge in [0.15, 0.2) is 5.17 Å². The molecule has 5 nitrogen and oxygen atoms in total. The molecule has 0 atom stereocenters. The Kier molecular flexibility index (Phi) is 5.27. The maximum absolute atomic E-state index is 13.1. The number of allylic oxidation sites excluding steroid dienone is 1. The Morgan fingerprint density at radius 3 is 2.50 bits per heavy atom. The first kappa shape index (κ1) is 18.0. The molecule has 7 heteroatoms. The fourth-order valence-corrected chi connectivity index (χ4v) is 3.33. The van der Waals surface area contributed by atoms with Crippen LogP contribution in [0.4, 0.5) is 10.1 Å². The van der Waals surface area contributed by atoms with Crippen LogP contribution >= 0.6 is 11.8 Å². The number of rotatable bonds is 4. The molecule has 134 valence electrons. The van der Waals surface area contributed by atoms with Crippen molar-refractivity contribution in [3.8, 4) is 11.5 Å². The lowest BCUT2D eigenvalue weighted by molar-refractivity contribution is -0.115. The van der Waals surface area contributed by atoms with Crippen LogP contribution in [0.3, 0.4) is 0 Å². The first-order valence-corrected chi connectivity index (χ1v) is 8.60. The van der Waals surface area contributed by atoms with Gasteiger partial charge in [-0.3, -0.25) is 4.79 Å². The first-order valence-electron chi connectivity index (χ1n) is 7.78. The van der Waals surface area contributed by atoms with Crippen molar-refractivity contribution < 1.29 is 18.7 Å². The summed E-state index contributed by atoms with van der Waals surface area (Å²) in [5.74, 6) is 0.646. The predicted octanol–water partition coefficient (Wildman–Crippen LogP) is 4.12. The number of thioether (sulfide) groups is 1. The molecule has 1 amide bonds. The summed E-state index contributed by atoms with van der Waals surface area (Å²) in [7, 11) is 3.12. The van der Waals surface area contributed by atoms with Gasteiger partial charge in [0.2, 0.25) is 0 Å². The smallest absolute Gasteiger partial charge is 0.264 e. The van der Waals surface area contributed by atoms with Crippen molar-refractivity contribution in [2.45, 2.75) is 6.92 Å². The molecule has 1 N–H and O–H groups in total. The van der Waals surface area contributed by atoms with Crippen LogP contribution < -0.4 is 14.8 Å². The first-order chi connectivity index (χ1) is 12.5. The highest BCUT2D eigenvalue weighted by molar-refractivity contribution is 8.18. The van der Waals surface area contributed by atoms with E-state index < -0.39 is 0 Å². The van der Waals surface area contributed by atoms with Crippen LogP contribution in [0.1, 0.15) is 12.5 Å². The van der Waals surface area contributed by atoms with Gasteiger partial charge in [-0.15, -0.1) is 0 Å². The number of nitrogens with zero attached hydrogens (tertiary/aromatic N) is 1. The minimum atomic E-state index is -0.316. The molecule has 0 aliphatic carbocycles. The molecule has 3 rings (SSSR count). The van der Waals surface area contributed by atoms with E-state index in [1.807, 2.05) is 6.92 Å². The molecular weight excluding hydrogens is 355 g/mol. The number of nitrogens with one attached hydrogen (secondary N) is 1. The van der Waals surface area contributed by atoms with E-state index in [0.717, 1.165) is 11.1 Å². The molecule has 0 aromatic heterocycles. The maximum Gasteiger partial charge on any atom is 0.264 e. The van der Waals surface area contributed by atoms with Gasteiger partial charge in [0.25, 0.3) is 5.91 Å². The van der Waals surface area contributed by atoms with Gasteiger partial charge in [0.05, 0.1) is 19.1 Å². The number of carbonyl (C=O) groups is 1. The summed E-state index contributed by atoms with van der Waals surface area (Å²) in [6.45, 7) is 1.83. The average Bonchev–Trinajstić information content (AvgIpc) is 3.02. The van der Waals surface area contributed by atoms with E-state index in [-0.39, 0.29) is 11.7 Å². The van der Waals surface area contributed by atoms with Gasteiger partial charge in [-0.25, -0.2) is 9.38 Å². The van der Waals surface area contributed by atoms with Crippen molar-refractivity contribution in [3.63, 3.8) is 0 Å². The molecule has 2 aromatic rings. The van der Waals surface area contributed by atoms with Crippen LogP contribution in [0.15, 0.2) is 52.4 Å². The molecule has 0 radical (unpaired) electrons. The second-order valence-corrected chi connectivity index (χ2v) is 6.47. The number of ether oxygens (including phenoxy) is 2. The third-order valence-electron chi connectivity index (χ3n) is 3.85. The third-order valence-corrected chi connectivity index (χ3v) is 4.93. The predicted molar refractivity (Wildman–Crippen MR) is 101 cm³/mol. The Bertz CT molecular complexity index is 908. The third kappa shape index (κ3) is 3.72. The summed E-state index contributed by atoms with van der Waals surface area (Å²) in [6, 6.07) is 11.3. The number of aliphatic imine (C=N–C) groups is 1. The van der Waals surface area contributed by atoms with Crippen LogP contribution in [-0.2, 0) is 4.79 Å². The van der Waals surface area contributed by atoms with Crippen molar-refractivity contribution in [1.82, 2.24) is 5.32 Å². The summed E-state index contributed by atoms with van der Waals surface area (Å²) < 4.78 is 23.6. The average molecular weight is 372 g/mol. The zero-order valence-electron chi connectivity index (χ0n) is 14.5.